The molecule has 0 saturated carbocycles. The molecule has 6 heteroatoms. The molecule has 0 spiro atoms. The fraction of sp³-hybridized carbons (Fsp3) is 0.200. The first-order valence-corrected chi connectivity index (χ1v) is 7.60. The van der Waals surface area contributed by atoms with Gasteiger partial charge in [0.15, 0.2) is 5.65 Å². The van der Waals surface area contributed by atoms with Gasteiger partial charge >= 0.3 is 0 Å². The average Bonchev–Trinajstić information content (AvgIpc) is 2.83. The van der Waals surface area contributed by atoms with Crippen LogP contribution in [0.3, 0.4) is 0 Å². The fourth-order valence-corrected chi connectivity index (χ4v) is 2.92. The molecule has 0 aliphatic rings. The van der Waals surface area contributed by atoms with E-state index in [1.807, 2.05) is 6.07 Å². The SMILES string of the molecule is CC(C)c1cnn2c(Cl)cc(-c3ccc(Cl)cc3Cl)nc12. The van der Waals surface area contributed by atoms with Crippen molar-refractivity contribution in [1.82, 2.24) is 14.6 Å². The van der Waals surface area contributed by atoms with Crippen LogP contribution in [0.5, 0.6) is 0 Å². The highest BCUT2D eigenvalue weighted by molar-refractivity contribution is 6.36. The van der Waals surface area contributed by atoms with Crippen molar-refractivity contribution in [2.75, 3.05) is 0 Å². The van der Waals surface area contributed by atoms with Gasteiger partial charge < -0.3 is 0 Å². The number of nitrogens with zero attached hydrogens (tertiary/aromatic N) is 3. The van der Waals surface area contributed by atoms with Crippen LogP contribution in [-0.4, -0.2) is 14.6 Å². The van der Waals surface area contributed by atoms with E-state index >= 15 is 0 Å². The summed E-state index contributed by atoms with van der Waals surface area (Å²) < 4.78 is 1.63. The second-order valence-corrected chi connectivity index (χ2v) is 6.31. The second-order valence-electron chi connectivity index (χ2n) is 5.08. The quantitative estimate of drug-likeness (QED) is 0.578. The Kier molecular flexibility index (Phi) is 3.82. The minimum Gasteiger partial charge on any atom is -0.228 e. The molecule has 108 valence electrons. The Morgan fingerprint density at radius 3 is 2.52 bits per heavy atom. The first kappa shape index (κ1) is 14.6. The zero-order chi connectivity index (χ0) is 15.1. The van der Waals surface area contributed by atoms with E-state index in [0.717, 1.165) is 16.8 Å². The Morgan fingerprint density at radius 2 is 1.86 bits per heavy atom. The molecule has 21 heavy (non-hydrogen) atoms. The smallest absolute Gasteiger partial charge is 0.160 e. The van der Waals surface area contributed by atoms with Crippen LogP contribution in [0.15, 0.2) is 30.5 Å². The molecule has 0 bridgehead atoms. The van der Waals surface area contributed by atoms with Gasteiger partial charge in [-0.05, 0) is 24.1 Å². The molecule has 0 amide bonds. The van der Waals surface area contributed by atoms with Crippen molar-refractivity contribution >= 4 is 40.4 Å². The standard InChI is InChI=1S/C15H12Cl3N3/c1-8(2)11-7-19-21-14(18)6-13(20-15(11)21)10-4-3-9(16)5-12(10)17/h3-8H,1-2H3. The monoisotopic (exact) mass is 339 g/mol. The van der Waals surface area contributed by atoms with E-state index in [9.17, 15) is 0 Å². The Balaban J connectivity index is 2.26. The summed E-state index contributed by atoms with van der Waals surface area (Å²) in [6.07, 6.45) is 1.80. The fourth-order valence-electron chi connectivity index (χ4n) is 2.19. The van der Waals surface area contributed by atoms with Crippen LogP contribution in [0.25, 0.3) is 16.9 Å². The number of halogens is 3. The predicted molar refractivity (Wildman–Crippen MR) is 87.5 cm³/mol. The van der Waals surface area contributed by atoms with E-state index in [1.54, 1.807) is 28.9 Å². The van der Waals surface area contributed by atoms with Gasteiger partial charge in [-0.25, -0.2) is 9.50 Å². The van der Waals surface area contributed by atoms with E-state index in [4.69, 9.17) is 34.8 Å². The molecule has 3 aromatic rings. The van der Waals surface area contributed by atoms with Gasteiger partial charge in [0.25, 0.3) is 0 Å². The molecule has 0 aliphatic heterocycles. The number of fused-ring (bicyclic) bond motifs is 1. The largest absolute Gasteiger partial charge is 0.228 e. The molecule has 2 heterocycles. The van der Waals surface area contributed by atoms with Crippen LogP contribution in [0.1, 0.15) is 25.3 Å². The van der Waals surface area contributed by atoms with Crippen LogP contribution < -0.4 is 0 Å². The lowest BCUT2D eigenvalue weighted by Gasteiger charge is -2.08. The van der Waals surface area contributed by atoms with Crippen molar-refractivity contribution < 1.29 is 0 Å². The summed E-state index contributed by atoms with van der Waals surface area (Å²) in [6, 6.07) is 7.06. The molecule has 3 nitrogen and oxygen atoms in total. The minimum absolute atomic E-state index is 0.307. The van der Waals surface area contributed by atoms with Crippen molar-refractivity contribution in [2.45, 2.75) is 19.8 Å². The van der Waals surface area contributed by atoms with Crippen LogP contribution in [0.4, 0.5) is 0 Å². The molecule has 0 saturated heterocycles. The van der Waals surface area contributed by atoms with E-state index in [1.165, 1.54) is 0 Å². The van der Waals surface area contributed by atoms with Gasteiger partial charge in [-0.15, -0.1) is 0 Å². The first-order chi connectivity index (χ1) is 9.97. The van der Waals surface area contributed by atoms with Gasteiger partial charge in [-0.1, -0.05) is 48.7 Å². The molecule has 0 aliphatic carbocycles. The summed E-state index contributed by atoms with van der Waals surface area (Å²) >= 11 is 18.5. The number of rotatable bonds is 2. The molecule has 0 radical (unpaired) electrons. The van der Waals surface area contributed by atoms with Gasteiger partial charge in [0.2, 0.25) is 0 Å². The molecule has 1 aromatic carbocycles. The van der Waals surface area contributed by atoms with Crippen molar-refractivity contribution in [3.8, 4) is 11.3 Å². The van der Waals surface area contributed by atoms with Crippen molar-refractivity contribution in [3.63, 3.8) is 0 Å². The summed E-state index contributed by atoms with van der Waals surface area (Å²) in [5, 5.41) is 5.90. The maximum Gasteiger partial charge on any atom is 0.160 e. The zero-order valence-electron chi connectivity index (χ0n) is 11.4. The second kappa shape index (κ2) is 5.48. The van der Waals surface area contributed by atoms with Gasteiger partial charge in [0.05, 0.1) is 16.9 Å². The Hall–Kier alpha value is -1.29. The normalized spacial score (nSPS) is 11.5. The van der Waals surface area contributed by atoms with Crippen molar-refractivity contribution in [2.24, 2.45) is 0 Å². The maximum absolute atomic E-state index is 6.31. The topological polar surface area (TPSA) is 30.2 Å². The van der Waals surface area contributed by atoms with Crippen molar-refractivity contribution in [1.29, 1.82) is 0 Å². The van der Waals surface area contributed by atoms with Crippen LogP contribution in [0, 0.1) is 0 Å². The third-order valence-electron chi connectivity index (χ3n) is 3.28. The molecule has 0 fully saturated rings. The number of aromatic nitrogens is 3. The van der Waals surface area contributed by atoms with E-state index in [2.05, 4.69) is 23.9 Å². The Labute approximate surface area is 137 Å². The van der Waals surface area contributed by atoms with Gasteiger partial charge in [-0.3, -0.25) is 0 Å². The summed E-state index contributed by atoms with van der Waals surface area (Å²) in [7, 11) is 0. The maximum atomic E-state index is 6.31. The average molecular weight is 341 g/mol. The van der Waals surface area contributed by atoms with Gasteiger partial charge in [0, 0.05) is 22.2 Å². The van der Waals surface area contributed by atoms with Crippen molar-refractivity contribution in [3.05, 3.63) is 51.2 Å². The van der Waals surface area contributed by atoms with Gasteiger partial charge in [0.1, 0.15) is 5.15 Å². The van der Waals surface area contributed by atoms with Crippen LogP contribution in [-0.2, 0) is 0 Å². The summed E-state index contributed by atoms with van der Waals surface area (Å²) in [6.45, 7) is 4.18. The lowest BCUT2D eigenvalue weighted by Crippen LogP contribution is -1.97. The highest BCUT2D eigenvalue weighted by atomic mass is 35.5. The molecule has 0 unspecified atom stereocenters. The summed E-state index contributed by atoms with van der Waals surface area (Å²) in [4.78, 5) is 4.67. The molecule has 0 N–H and O–H groups in total. The lowest BCUT2D eigenvalue weighted by molar-refractivity contribution is 0.872. The highest BCUT2D eigenvalue weighted by Crippen LogP contribution is 2.32. The van der Waals surface area contributed by atoms with Crippen LogP contribution >= 0.6 is 34.8 Å². The molecular formula is C15H12Cl3N3. The Morgan fingerprint density at radius 1 is 1.10 bits per heavy atom. The third kappa shape index (κ3) is 2.61. The van der Waals surface area contributed by atoms with Gasteiger partial charge in [-0.2, -0.15) is 5.10 Å². The third-order valence-corrected chi connectivity index (χ3v) is 4.10. The zero-order valence-corrected chi connectivity index (χ0v) is 13.7. The van der Waals surface area contributed by atoms with Crippen LogP contribution in [0.2, 0.25) is 15.2 Å². The molecule has 3 rings (SSSR count). The predicted octanol–water partition coefficient (Wildman–Crippen LogP) is 5.48. The summed E-state index contributed by atoms with van der Waals surface area (Å²) in [5.41, 5.74) is 3.29. The van der Waals surface area contributed by atoms with E-state index < -0.39 is 0 Å². The minimum atomic E-state index is 0.307. The molecular weight excluding hydrogens is 329 g/mol. The number of benzene rings is 1. The number of hydrogen-bond acceptors (Lipinski definition) is 2. The van der Waals surface area contributed by atoms with E-state index in [-0.39, 0.29) is 0 Å². The Bertz CT molecular complexity index is 824. The highest BCUT2D eigenvalue weighted by Gasteiger charge is 2.15. The molecule has 2 aromatic heterocycles. The first-order valence-electron chi connectivity index (χ1n) is 6.47. The van der Waals surface area contributed by atoms with E-state index in [0.29, 0.717) is 26.8 Å². The lowest BCUT2D eigenvalue weighted by atomic mass is 10.1. The number of hydrogen-bond donors (Lipinski definition) is 0. The molecule has 0 atom stereocenters. The summed E-state index contributed by atoms with van der Waals surface area (Å²) in [5.74, 6) is 0.307.